The minimum Gasteiger partial charge on any atom is -0.452 e. The fourth-order valence-electron chi connectivity index (χ4n) is 1.92. The lowest BCUT2D eigenvalue weighted by molar-refractivity contribution is -0.119. The summed E-state index contributed by atoms with van der Waals surface area (Å²) in [6.07, 6.45) is 0. The van der Waals surface area contributed by atoms with Gasteiger partial charge >= 0.3 is 5.97 Å². The summed E-state index contributed by atoms with van der Waals surface area (Å²) < 4.78 is 30.8. The lowest BCUT2D eigenvalue weighted by Gasteiger charge is -2.12. The minimum atomic E-state index is -3.53. The van der Waals surface area contributed by atoms with Crippen LogP contribution in [0.4, 0.5) is 5.69 Å². The molecule has 0 saturated heterocycles. The summed E-state index contributed by atoms with van der Waals surface area (Å²) in [5, 5.41) is 2.53. The molecule has 1 N–H and O–H groups in total. The van der Waals surface area contributed by atoms with Crippen molar-refractivity contribution in [2.45, 2.75) is 4.90 Å². The number of nitrogens with one attached hydrogen (secondary N) is 1. The highest BCUT2D eigenvalue weighted by Crippen LogP contribution is 2.16. The van der Waals surface area contributed by atoms with Crippen molar-refractivity contribution in [2.24, 2.45) is 0 Å². The van der Waals surface area contributed by atoms with Crippen molar-refractivity contribution in [1.29, 1.82) is 0 Å². The van der Waals surface area contributed by atoms with E-state index >= 15 is 0 Å². The zero-order chi connectivity index (χ0) is 19.3. The number of benzene rings is 2. The Hall–Kier alpha value is -2.23. The number of anilines is 1. The first-order chi connectivity index (χ1) is 12.2. The van der Waals surface area contributed by atoms with Crippen LogP contribution in [-0.4, -0.2) is 45.3 Å². The highest BCUT2D eigenvalue weighted by molar-refractivity contribution is 9.10. The molecule has 2 aromatic carbocycles. The molecular weight excluding hydrogens is 424 g/mol. The van der Waals surface area contributed by atoms with E-state index in [1.165, 1.54) is 38.4 Å². The molecule has 0 radical (unpaired) electrons. The zero-order valence-electron chi connectivity index (χ0n) is 14.1. The topological polar surface area (TPSA) is 92.8 Å². The standard InChI is InChI=1S/C17H17BrN2O5S/c1-20(2)26(23,24)15-9-7-14(8-10-15)19-16(21)11-25-17(22)12-3-5-13(18)6-4-12/h3-10H,11H2,1-2H3,(H,19,21). The Kier molecular flexibility index (Phi) is 6.52. The quantitative estimate of drug-likeness (QED) is 0.696. The summed E-state index contributed by atoms with van der Waals surface area (Å²) in [5.41, 5.74) is 0.728. The molecule has 0 spiro atoms. The van der Waals surface area contributed by atoms with Crippen LogP contribution < -0.4 is 5.32 Å². The Bertz CT molecular complexity index is 894. The molecule has 9 heteroatoms. The first-order valence-electron chi connectivity index (χ1n) is 7.45. The number of halogens is 1. The van der Waals surface area contributed by atoms with Crippen molar-refractivity contribution in [1.82, 2.24) is 4.31 Å². The highest BCUT2D eigenvalue weighted by Gasteiger charge is 2.17. The van der Waals surface area contributed by atoms with Gasteiger partial charge in [0.2, 0.25) is 10.0 Å². The molecular formula is C17H17BrN2O5S. The Morgan fingerprint density at radius 2 is 1.62 bits per heavy atom. The molecule has 0 heterocycles. The molecule has 7 nitrogen and oxygen atoms in total. The average molecular weight is 441 g/mol. The first-order valence-corrected chi connectivity index (χ1v) is 9.68. The number of hydrogen-bond donors (Lipinski definition) is 1. The van der Waals surface area contributed by atoms with Crippen molar-refractivity contribution in [3.05, 3.63) is 58.6 Å². The maximum Gasteiger partial charge on any atom is 0.338 e. The van der Waals surface area contributed by atoms with E-state index in [1.54, 1.807) is 24.3 Å². The van der Waals surface area contributed by atoms with Crippen molar-refractivity contribution in [3.63, 3.8) is 0 Å². The van der Waals surface area contributed by atoms with E-state index in [9.17, 15) is 18.0 Å². The molecule has 0 fully saturated rings. The van der Waals surface area contributed by atoms with Crippen molar-refractivity contribution in [3.8, 4) is 0 Å². The van der Waals surface area contributed by atoms with Crippen LogP contribution in [0.1, 0.15) is 10.4 Å². The Labute approximate surface area is 160 Å². The maximum atomic E-state index is 12.0. The van der Waals surface area contributed by atoms with Crippen molar-refractivity contribution >= 4 is 43.5 Å². The van der Waals surface area contributed by atoms with Gasteiger partial charge in [-0.05, 0) is 48.5 Å². The summed E-state index contributed by atoms with van der Waals surface area (Å²) in [6.45, 7) is -0.452. The third kappa shape index (κ3) is 5.13. The van der Waals surface area contributed by atoms with Crippen LogP contribution in [0.15, 0.2) is 57.9 Å². The lowest BCUT2D eigenvalue weighted by Crippen LogP contribution is -2.22. The summed E-state index contributed by atoms with van der Waals surface area (Å²) in [7, 11) is -0.659. The van der Waals surface area contributed by atoms with Gasteiger partial charge in [-0.1, -0.05) is 15.9 Å². The van der Waals surface area contributed by atoms with Gasteiger partial charge in [0.05, 0.1) is 10.5 Å². The minimum absolute atomic E-state index is 0.113. The molecule has 0 atom stereocenters. The summed E-state index contributed by atoms with van der Waals surface area (Å²) in [6, 6.07) is 12.2. The van der Waals surface area contributed by atoms with Gasteiger partial charge in [-0.25, -0.2) is 17.5 Å². The first kappa shape index (κ1) is 20.1. The molecule has 2 aromatic rings. The van der Waals surface area contributed by atoms with Crippen LogP contribution in [0, 0.1) is 0 Å². The molecule has 0 aliphatic rings. The fraction of sp³-hybridized carbons (Fsp3) is 0.176. The number of rotatable bonds is 6. The number of carbonyl (C=O) groups excluding carboxylic acids is 2. The van der Waals surface area contributed by atoms with Gasteiger partial charge in [0.15, 0.2) is 6.61 Å². The van der Waals surface area contributed by atoms with Crippen LogP contribution in [-0.2, 0) is 19.6 Å². The molecule has 26 heavy (non-hydrogen) atoms. The van der Waals surface area contributed by atoms with E-state index in [0.29, 0.717) is 11.3 Å². The predicted molar refractivity (Wildman–Crippen MR) is 100 cm³/mol. The second-order valence-corrected chi connectivity index (χ2v) is 8.51. The van der Waals surface area contributed by atoms with E-state index < -0.39 is 28.5 Å². The molecule has 1 amide bonds. The predicted octanol–water partition coefficient (Wildman–Crippen LogP) is 2.49. The summed E-state index contributed by atoms with van der Waals surface area (Å²) >= 11 is 3.26. The second-order valence-electron chi connectivity index (χ2n) is 5.44. The van der Waals surface area contributed by atoms with Crippen LogP contribution in [0.5, 0.6) is 0 Å². The molecule has 0 aliphatic carbocycles. The molecule has 0 bridgehead atoms. The van der Waals surface area contributed by atoms with E-state index in [-0.39, 0.29) is 4.90 Å². The Morgan fingerprint density at radius 1 is 1.04 bits per heavy atom. The number of ether oxygens (including phenoxy) is 1. The van der Waals surface area contributed by atoms with Gasteiger partial charge in [0.1, 0.15) is 0 Å². The molecule has 138 valence electrons. The summed E-state index contributed by atoms with van der Waals surface area (Å²) in [5.74, 6) is -1.14. The van der Waals surface area contributed by atoms with Gasteiger partial charge in [0.25, 0.3) is 5.91 Å². The van der Waals surface area contributed by atoms with Gasteiger partial charge in [-0.2, -0.15) is 0 Å². The number of sulfonamides is 1. The van der Waals surface area contributed by atoms with Gasteiger partial charge in [0, 0.05) is 24.3 Å². The molecule has 0 saturated carbocycles. The van der Waals surface area contributed by atoms with Gasteiger partial charge in [-0.3, -0.25) is 4.79 Å². The van der Waals surface area contributed by atoms with Crippen molar-refractivity contribution < 1.29 is 22.7 Å². The van der Waals surface area contributed by atoms with E-state index in [4.69, 9.17) is 4.74 Å². The normalized spacial score (nSPS) is 11.2. The average Bonchev–Trinajstić information content (AvgIpc) is 2.60. The number of amides is 1. The fourth-order valence-corrected chi connectivity index (χ4v) is 3.08. The molecule has 0 aliphatic heterocycles. The third-order valence-corrected chi connectivity index (χ3v) is 5.69. The van der Waals surface area contributed by atoms with Crippen LogP contribution in [0.3, 0.4) is 0 Å². The van der Waals surface area contributed by atoms with Gasteiger partial charge in [-0.15, -0.1) is 0 Å². The van der Waals surface area contributed by atoms with Crippen LogP contribution in [0.25, 0.3) is 0 Å². The Morgan fingerprint density at radius 3 is 2.15 bits per heavy atom. The van der Waals surface area contributed by atoms with E-state index in [1.807, 2.05) is 0 Å². The third-order valence-electron chi connectivity index (χ3n) is 3.33. The van der Waals surface area contributed by atoms with Crippen LogP contribution in [0.2, 0.25) is 0 Å². The monoisotopic (exact) mass is 440 g/mol. The summed E-state index contributed by atoms with van der Waals surface area (Å²) in [4.78, 5) is 23.8. The highest BCUT2D eigenvalue weighted by atomic mass is 79.9. The van der Waals surface area contributed by atoms with E-state index in [2.05, 4.69) is 21.2 Å². The largest absolute Gasteiger partial charge is 0.452 e. The smallest absolute Gasteiger partial charge is 0.338 e. The number of hydrogen-bond acceptors (Lipinski definition) is 5. The molecule has 0 unspecified atom stereocenters. The zero-order valence-corrected chi connectivity index (χ0v) is 16.5. The Balaban J connectivity index is 1.91. The second kappa shape index (κ2) is 8.43. The number of esters is 1. The SMILES string of the molecule is CN(C)S(=O)(=O)c1ccc(NC(=O)COC(=O)c2ccc(Br)cc2)cc1. The van der Waals surface area contributed by atoms with E-state index in [0.717, 1.165) is 8.78 Å². The lowest BCUT2D eigenvalue weighted by atomic mass is 10.2. The van der Waals surface area contributed by atoms with Crippen LogP contribution >= 0.6 is 15.9 Å². The molecule has 0 aromatic heterocycles. The van der Waals surface area contributed by atoms with Crippen molar-refractivity contribution in [2.75, 3.05) is 26.0 Å². The maximum absolute atomic E-state index is 12.0. The van der Waals surface area contributed by atoms with Gasteiger partial charge < -0.3 is 10.1 Å². The molecule has 2 rings (SSSR count). The number of carbonyl (C=O) groups is 2. The number of nitrogens with zero attached hydrogens (tertiary/aromatic N) is 1.